The molecule has 0 aliphatic carbocycles. The lowest BCUT2D eigenvalue weighted by molar-refractivity contribution is -0.143. The number of thiophene rings is 1. The van der Waals surface area contributed by atoms with Gasteiger partial charge in [0.05, 0.1) is 18.8 Å². The van der Waals surface area contributed by atoms with Crippen LogP contribution in [-0.4, -0.2) is 50.5 Å². The SMILES string of the molecule is C[C@H]1CN(Cc2nnnn2CC(F)(F)F)C[C@H](c2ccsc2)O1. The summed E-state index contributed by atoms with van der Waals surface area (Å²) in [7, 11) is 0. The lowest BCUT2D eigenvalue weighted by atomic mass is 10.1. The van der Waals surface area contributed by atoms with Gasteiger partial charge in [0.25, 0.3) is 0 Å². The number of ether oxygens (including phenoxy) is 1. The van der Waals surface area contributed by atoms with Crippen LogP contribution in [0.1, 0.15) is 24.4 Å². The molecule has 3 heterocycles. The summed E-state index contributed by atoms with van der Waals surface area (Å²) in [5.74, 6) is 0.209. The Bertz CT molecular complexity index is 630. The number of rotatable bonds is 4. The first-order valence-electron chi connectivity index (χ1n) is 7.12. The van der Waals surface area contributed by atoms with Crippen molar-refractivity contribution in [3.05, 3.63) is 28.2 Å². The van der Waals surface area contributed by atoms with Gasteiger partial charge in [0.1, 0.15) is 6.54 Å². The third kappa shape index (κ3) is 4.27. The molecule has 0 N–H and O–H groups in total. The smallest absolute Gasteiger partial charge is 0.368 e. The van der Waals surface area contributed by atoms with Crippen LogP contribution in [0.25, 0.3) is 0 Å². The molecular weight excluding hydrogens is 331 g/mol. The summed E-state index contributed by atoms with van der Waals surface area (Å²) in [5.41, 5.74) is 1.08. The minimum atomic E-state index is -4.35. The standard InChI is InChI=1S/C13H16F3N5OS/c1-9-4-20(5-11(22-9)10-2-3-23-7-10)6-12-17-18-19-21(12)8-13(14,15)16/h2-3,7,9,11H,4-6,8H2,1H3/t9-,11+/m0/s1. The molecule has 23 heavy (non-hydrogen) atoms. The van der Waals surface area contributed by atoms with E-state index < -0.39 is 12.7 Å². The Labute approximate surface area is 134 Å². The second-order valence-electron chi connectivity index (χ2n) is 5.55. The highest BCUT2D eigenvalue weighted by Gasteiger charge is 2.32. The van der Waals surface area contributed by atoms with Crippen molar-refractivity contribution in [2.24, 2.45) is 0 Å². The van der Waals surface area contributed by atoms with Gasteiger partial charge in [-0.05, 0) is 39.7 Å². The number of hydrogen-bond donors (Lipinski definition) is 0. The molecule has 2 aromatic rings. The van der Waals surface area contributed by atoms with E-state index in [4.69, 9.17) is 4.74 Å². The van der Waals surface area contributed by atoms with Crippen molar-refractivity contribution in [1.29, 1.82) is 0 Å². The molecule has 6 nitrogen and oxygen atoms in total. The van der Waals surface area contributed by atoms with Crippen LogP contribution >= 0.6 is 11.3 Å². The Balaban J connectivity index is 1.69. The van der Waals surface area contributed by atoms with Gasteiger partial charge >= 0.3 is 6.18 Å². The molecule has 10 heteroatoms. The van der Waals surface area contributed by atoms with Crippen LogP contribution in [0, 0.1) is 0 Å². The number of aromatic nitrogens is 4. The first kappa shape index (κ1) is 16.3. The molecule has 1 fully saturated rings. The molecule has 2 atom stereocenters. The summed E-state index contributed by atoms with van der Waals surface area (Å²) in [6, 6.07) is 2.00. The van der Waals surface area contributed by atoms with Gasteiger partial charge in [-0.3, -0.25) is 4.90 Å². The maximum absolute atomic E-state index is 12.5. The molecule has 0 amide bonds. The van der Waals surface area contributed by atoms with Crippen LogP contribution in [0.15, 0.2) is 16.8 Å². The Morgan fingerprint density at radius 2 is 2.22 bits per heavy atom. The molecule has 0 bridgehead atoms. The summed E-state index contributed by atoms with van der Waals surface area (Å²) < 4.78 is 44.3. The molecule has 0 saturated carbocycles. The molecule has 0 spiro atoms. The predicted molar refractivity (Wildman–Crippen MR) is 76.8 cm³/mol. The Morgan fingerprint density at radius 1 is 1.39 bits per heavy atom. The van der Waals surface area contributed by atoms with E-state index in [0.717, 1.165) is 10.2 Å². The van der Waals surface area contributed by atoms with E-state index in [-0.39, 0.29) is 24.6 Å². The van der Waals surface area contributed by atoms with Crippen molar-refractivity contribution in [2.75, 3.05) is 13.1 Å². The fourth-order valence-electron chi connectivity index (χ4n) is 2.64. The van der Waals surface area contributed by atoms with Gasteiger partial charge in [-0.1, -0.05) is 0 Å². The van der Waals surface area contributed by atoms with Gasteiger partial charge in [0.2, 0.25) is 0 Å². The predicted octanol–water partition coefficient (Wildman–Crippen LogP) is 2.26. The summed E-state index contributed by atoms with van der Waals surface area (Å²) >= 11 is 1.59. The van der Waals surface area contributed by atoms with E-state index in [0.29, 0.717) is 13.1 Å². The minimum absolute atomic E-state index is 0.0133. The minimum Gasteiger partial charge on any atom is -0.368 e. The van der Waals surface area contributed by atoms with E-state index in [1.54, 1.807) is 11.3 Å². The first-order chi connectivity index (χ1) is 10.9. The van der Waals surface area contributed by atoms with Crippen molar-refractivity contribution >= 4 is 11.3 Å². The average molecular weight is 347 g/mol. The largest absolute Gasteiger partial charge is 0.408 e. The molecule has 1 aliphatic rings. The fraction of sp³-hybridized carbons (Fsp3) is 0.615. The molecule has 126 valence electrons. The van der Waals surface area contributed by atoms with Crippen LogP contribution in [-0.2, 0) is 17.8 Å². The van der Waals surface area contributed by atoms with Crippen LogP contribution < -0.4 is 0 Å². The molecule has 1 saturated heterocycles. The first-order valence-corrected chi connectivity index (χ1v) is 8.07. The van der Waals surface area contributed by atoms with E-state index in [9.17, 15) is 13.2 Å². The number of alkyl halides is 3. The van der Waals surface area contributed by atoms with Crippen LogP contribution in [0.2, 0.25) is 0 Å². The summed E-state index contributed by atoms with van der Waals surface area (Å²) in [6.07, 6.45) is -4.45. The van der Waals surface area contributed by atoms with Crippen LogP contribution in [0.5, 0.6) is 0 Å². The second-order valence-corrected chi connectivity index (χ2v) is 6.33. The second kappa shape index (κ2) is 6.54. The monoisotopic (exact) mass is 347 g/mol. The van der Waals surface area contributed by atoms with Gasteiger partial charge < -0.3 is 4.74 Å². The van der Waals surface area contributed by atoms with Gasteiger partial charge in [0, 0.05) is 13.1 Å². The van der Waals surface area contributed by atoms with Crippen molar-refractivity contribution in [3.8, 4) is 0 Å². The molecular formula is C13H16F3N5OS. The zero-order chi connectivity index (χ0) is 16.4. The highest BCUT2D eigenvalue weighted by Crippen LogP contribution is 2.27. The highest BCUT2D eigenvalue weighted by molar-refractivity contribution is 7.07. The summed E-state index contributed by atoms with van der Waals surface area (Å²) in [6.45, 7) is 2.25. The normalized spacial score (nSPS) is 23.3. The van der Waals surface area contributed by atoms with Crippen LogP contribution in [0.4, 0.5) is 13.2 Å². The quantitative estimate of drug-likeness (QED) is 0.849. The van der Waals surface area contributed by atoms with Gasteiger partial charge in [-0.2, -0.15) is 24.5 Å². The molecule has 2 aromatic heterocycles. The zero-order valence-electron chi connectivity index (χ0n) is 12.4. The van der Waals surface area contributed by atoms with Crippen molar-refractivity contribution in [2.45, 2.75) is 38.4 Å². The Kier molecular flexibility index (Phi) is 4.64. The number of halogens is 3. The maximum Gasteiger partial charge on any atom is 0.408 e. The maximum atomic E-state index is 12.5. The number of hydrogen-bond acceptors (Lipinski definition) is 6. The number of nitrogens with zero attached hydrogens (tertiary/aromatic N) is 5. The lowest BCUT2D eigenvalue weighted by Gasteiger charge is -2.36. The Hall–Kier alpha value is -1.52. The lowest BCUT2D eigenvalue weighted by Crippen LogP contribution is -2.42. The fourth-order valence-corrected chi connectivity index (χ4v) is 3.34. The molecule has 0 aromatic carbocycles. The van der Waals surface area contributed by atoms with E-state index in [2.05, 4.69) is 15.5 Å². The topological polar surface area (TPSA) is 56.1 Å². The van der Waals surface area contributed by atoms with Crippen molar-refractivity contribution in [1.82, 2.24) is 25.1 Å². The summed E-state index contributed by atoms with van der Waals surface area (Å²) in [4.78, 5) is 2.02. The van der Waals surface area contributed by atoms with Gasteiger partial charge in [0.15, 0.2) is 5.82 Å². The van der Waals surface area contributed by atoms with E-state index >= 15 is 0 Å². The number of morpholine rings is 1. The molecule has 0 unspecified atom stereocenters. The third-order valence-electron chi connectivity index (χ3n) is 3.55. The van der Waals surface area contributed by atoms with Crippen LogP contribution in [0.3, 0.4) is 0 Å². The molecule has 1 aliphatic heterocycles. The Morgan fingerprint density at radius 3 is 2.91 bits per heavy atom. The third-order valence-corrected chi connectivity index (χ3v) is 4.25. The average Bonchev–Trinajstić information content (AvgIpc) is 3.09. The highest BCUT2D eigenvalue weighted by atomic mass is 32.1. The zero-order valence-corrected chi connectivity index (χ0v) is 13.2. The van der Waals surface area contributed by atoms with E-state index in [1.165, 1.54) is 0 Å². The molecule has 0 radical (unpaired) electrons. The van der Waals surface area contributed by atoms with E-state index in [1.807, 2.05) is 28.7 Å². The summed E-state index contributed by atoms with van der Waals surface area (Å²) in [5, 5.41) is 14.5. The van der Waals surface area contributed by atoms with Crippen molar-refractivity contribution < 1.29 is 17.9 Å². The van der Waals surface area contributed by atoms with Gasteiger partial charge in [-0.25, -0.2) is 4.68 Å². The van der Waals surface area contributed by atoms with Gasteiger partial charge in [-0.15, -0.1) is 5.10 Å². The molecule has 3 rings (SSSR count). The van der Waals surface area contributed by atoms with Crippen molar-refractivity contribution in [3.63, 3.8) is 0 Å². The number of tetrazole rings is 1.